The Hall–Kier alpha value is -1.50. The highest BCUT2D eigenvalue weighted by atomic mass is 16.3. The molecule has 0 radical (unpaired) electrons. The molecule has 3 aliphatic rings. The molecule has 124 valence electrons. The van der Waals surface area contributed by atoms with Gasteiger partial charge in [-0.25, -0.2) is 0 Å². The summed E-state index contributed by atoms with van der Waals surface area (Å²) in [4.78, 5) is 22.9. The number of likely N-dealkylation sites (tertiary alicyclic amines) is 1. The Morgan fingerprint density at radius 1 is 1.39 bits per heavy atom. The first kappa shape index (κ1) is 15.1. The number of pyridine rings is 1. The van der Waals surface area contributed by atoms with Crippen LogP contribution < -0.4 is 0 Å². The number of aromatic nitrogens is 1. The molecule has 4 rings (SSSR count). The molecule has 6 nitrogen and oxygen atoms in total. The van der Waals surface area contributed by atoms with E-state index in [1.165, 1.54) is 5.56 Å². The standard InChI is InChI=1S/C17H24N4O2/c1-13(22)20-8-15-5-16(23)9-21(15)17(12-20)10-19(11-17)7-14-3-2-4-18-6-14/h2-4,6,15-16,23H,5,7-12H2,1H3/t15-,16-/m1/s1. The molecule has 2 atom stereocenters. The number of fused-ring (bicyclic) bond motifs is 2. The van der Waals surface area contributed by atoms with E-state index in [2.05, 4.69) is 20.9 Å². The van der Waals surface area contributed by atoms with Crippen LogP contribution in [0.5, 0.6) is 0 Å². The number of carbonyl (C=O) groups is 1. The molecule has 3 fully saturated rings. The zero-order valence-electron chi connectivity index (χ0n) is 13.6. The van der Waals surface area contributed by atoms with Gasteiger partial charge in [0.25, 0.3) is 0 Å². The Balaban J connectivity index is 1.47. The summed E-state index contributed by atoms with van der Waals surface area (Å²) in [6.07, 6.45) is 4.24. The second-order valence-electron chi connectivity index (χ2n) is 7.33. The summed E-state index contributed by atoms with van der Waals surface area (Å²) in [7, 11) is 0. The summed E-state index contributed by atoms with van der Waals surface area (Å²) in [5, 5.41) is 10.1. The van der Waals surface area contributed by atoms with E-state index in [0.717, 1.165) is 45.7 Å². The Bertz CT molecular complexity index is 588. The van der Waals surface area contributed by atoms with E-state index in [1.54, 1.807) is 13.1 Å². The van der Waals surface area contributed by atoms with Gasteiger partial charge >= 0.3 is 0 Å². The first-order valence-corrected chi connectivity index (χ1v) is 8.37. The Kier molecular flexibility index (Phi) is 3.63. The monoisotopic (exact) mass is 316 g/mol. The number of rotatable bonds is 2. The van der Waals surface area contributed by atoms with Gasteiger partial charge in [-0.15, -0.1) is 0 Å². The lowest BCUT2D eigenvalue weighted by Crippen LogP contribution is -2.78. The van der Waals surface area contributed by atoms with Crippen LogP contribution in [0.4, 0.5) is 0 Å². The van der Waals surface area contributed by atoms with Crippen molar-refractivity contribution in [3.63, 3.8) is 0 Å². The lowest BCUT2D eigenvalue weighted by atomic mass is 9.83. The number of piperazine rings is 1. The maximum atomic E-state index is 11.9. The molecule has 0 bridgehead atoms. The highest BCUT2D eigenvalue weighted by Gasteiger charge is 2.56. The highest BCUT2D eigenvalue weighted by Crippen LogP contribution is 2.39. The van der Waals surface area contributed by atoms with Crippen LogP contribution in [0, 0.1) is 0 Å². The van der Waals surface area contributed by atoms with E-state index in [1.807, 2.05) is 17.2 Å². The molecule has 0 aromatic carbocycles. The van der Waals surface area contributed by atoms with Crippen molar-refractivity contribution >= 4 is 5.91 Å². The summed E-state index contributed by atoms with van der Waals surface area (Å²) in [5.74, 6) is 0.149. The molecule has 3 saturated heterocycles. The van der Waals surface area contributed by atoms with Gasteiger partial charge < -0.3 is 10.0 Å². The number of carbonyl (C=O) groups excluding carboxylic acids is 1. The smallest absolute Gasteiger partial charge is 0.219 e. The molecular weight excluding hydrogens is 292 g/mol. The van der Waals surface area contributed by atoms with Gasteiger partial charge in [-0.2, -0.15) is 0 Å². The predicted octanol–water partition coefficient (Wildman–Crippen LogP) is -0.0667. The van der Waals surface area contributed by atoms with Crippen LogP contribution in [0.1, 0.15) is 18.9 Å². The average Bonchev–Trinajstić information content (AvgIpc) is 2.87. The van der Waals surface area contributed by atoms with Gasteiger partial charge in [0.2, 0.25) is 5.91 Å². The van der Waals surface area contributed by atoms with E-state index >= 15 is 0 Å². The Morgan fingerprint density at radius 2 is 2.22 bits per heavy atom. The zero-order chi connectivity index (χ0) is 16.0. The molecule has 23 heavy (non-hydrogen) atoms. The third kappa shape index (κ3) is 2.65. The number of hydrogen-bond donors (Lipinski definition) is 1. The molecule has 1 N–H and O–H groups in total. The second-order valence-corrected chi connectivity index (χ2v) is 7.33. The predicted molar refractivity (Wildman–Crippen MR) is 85.6 cm³/mol. The first-order chi connectivity index (χ1) is 11.1. The zero-order valence-corrected chi connectivity index (χ0v) is 13.6. The van der Waals surface area contributed by atoms with Crippen molar-refractivity contribution in [2.45, 2.75) is 37.6 Å². The van der Waals surface area contributed by atoms with Crippen molar-refractivity contribution in [2.24, 2.45) is 0 Å². The molecule has 3 aliphatic heterocycles. The third-order valence-electron chi connectivity index (χ3n) is 5.53. The number of hydrogen-bond acceptors (Lipinski definition) is 5. The van der Waals surface area contributed by atoms with Crippen LogP contribution >= 0.6 is 0 Å². The summed E-state index contributed by atoms with van der Waals surface area (Å²) in [6.45, 7) is 6.75. The van der Waals surface area contributed by atoms with Crippen LogP contribution in [-0.4, -0.2) is 81.1 Å². The van der Waals surface area contributed by atoms with Crippen LogP contribution in [0.3, 0.4) is 0 Å². The second kappa shape index (κ2) is 5.54. The number of amides is 1. The highest BCUT2D eigenvalue weighted by molar-refractivity contribution is 5.73. The van der Waals surface area contributed by atoms with Gasteiger partial charge in [0.15, 0.2) is 0 Å². The summed E-state index contributed by atoms with van der Waals surface area (Å²) >= 11 is 0. The fourth-order valence-electron chi connectivity index (χ4n) is 4.58. The summed E-state index contributed by atoms with van der Waals surface area (Å²) in [5.41, 5.74) is 1.24. The summed E-state index contributed by atoms with van der Waals surface area (Å²) < 4.78 is 0. The molecule has 0 unspecified atom stereocenters. The van der Waals surface area contributed by atoms with Gasteiger partial charge in [-0.05, 0) is 18.1 Å². The van der Waals surface area contributed by atoms with E-state index in [0.29, 0.717) is 6.04 Å². The third-order valence-corrected chi connectivity index (χ3v) is 5.53. The minimum Gasteiger partial charge on any atom is -0.392 e. The molecular formula is C17H24N4O2. The fraction of sp³-hybridized carbons (Fsp3) is 0.647. The van der Waals surface area contributed by atoms with Gasteiger partial charge in [-0.1, -0.05) is 6.07 Å². The van der Waals surface area contributed by atoms with Crippen LogP contribution in [0.2, 0.25) is 0 Å². The number of aliphatic hydroxyl groups is 1. The lowest BCUT2D eigenvalue weighted by molar-refractivity contribution is -0.149. The maximum absolute atomic E-state index is 11.9. The topological polar surface area (TPSA) is 59.9 Å². The van der Waals surface area contributed by atoms with Crippen LogP contribution in [-0.2, 0) is 11.3 Å². The van der Waals surface area contributed by atoms with Gasteiger partial charge in [0.05, 0.1) is 11.6 Å². The van der Waals surface area contributed by atoms with Crippen molar-refractivity contribution in [1.29, 1.82) is 0 Å². The number of nitrogens with zero attached hydrogens (tertiary/aromatic N) is 4. The van der Waals surface area contributed by atoms with Gasteiger partial charge in [0, 0.05) is 64.6 Å². The molecule has 1 spiro atoms. The molecule has 6 heteroatoms. The van der Waals surface area contributed by atoms with Crippen molar-refractivity contribution < 1.29 is 9.90 Å². The average molecular weight is 316 g/mol. The molecule has 0 saturated carbocycles. The number of aliphatic hydroxyl groups excluding tert-OH is 1. The van der Waals surface area contributed by atoms with E-state index in [-0.39, 0.29) is 17.6 Å². The molecule has 1 amide bonds. The molecule has 1 aromatic rings. The molecule has 1 aromatic heterocycles. The van der Waals surface area contributed by atoms with Gasteiger partial charge in [-0.3, -0.25) is 19.6 Å². The fourth-order valence-corrected chi connectivity index (χ4v) is 4.58. The molecule has 4 heterocycles. The lowest BCUT2D eigenvalue weighted by Gasteiger charge is -2.61. The first-order valence-electron chi connectivity index (χ1n) is 8.37. The quantitative estimate of drug-likeness (QED) is 0.828. The van der Waals surface area contributed by atoms with Crippen molar-refractivity contribution in [1.82, 2.24) is 19.7 Å². The maximum Gasteiger partial charge on any atom is 0.219 e. The van der Waals surface area contributed by atoms with E-state index in [9.17, 15) is 9.90 Å². The van der Waals surface area contributed by atoms with Crippen LogP contribution in [0.25, 0.3) is 0 Å². The summed E-state index contributed by atoms with van der Waals surface area (Å²) in [6, 6.07) is 4.38. The minimum absolute atomic E-state index is 0.0221. The minimum atomic E-state index is -0.254. The van der Waals surface area contributed by atoms with Crippen molar-refractivity contribution in [2.75, 3.05) is 32.7 Å². The largest absolute Gasteiger partial charge is 0.392 e. The van der Waals surface area contributed by atoms with Crippen LogP contribution in [0.15, 0.2) is 24.5 Å². The molecule has 0 aliphatic carbocycles. The van der Waals surface area contributed by atoms with E-state index < -0.39 is 0 Å². The Labute approximate surface area is 136 Å². The van der Waals surface area contributed by atoms with Crippen molar-refractivity contribution in [3.8, 4) is 0 Å². The SMILES string of the molecule is CC(=O)N1C[C@H]2C[C@@H](O)CN2C2(CN(Cc3cccnc3)C2)C1. The Morgan fingerprint density at radius 3 is 2.91 bits per heavy atom. The van der Waals surface area contributed by atoms with Gasteiger partial charge in [0.1, 0.15) is 0 Å². The number of β-amino-alcohol motifs (C(OH)–C–C–N with tert-alkyl or cyclic N) is 1. The van der Waals surface area contributed by atoms with Crippen molar-refractivity contribution in [3.05, 3.63) is 30.1 Å². The normalized spacial score (nSPS) is 30.3. The van der Waals surface area contributed by atoms with E-state index in [4.69, 9.17) is 0 Å².